The number of carbonyl (C=O) groups is 3. The molecule has 30 heavy (non-hydrogen) atoms. The molecule has 1 fully saturated rings. The number of fused-ring (bicyclic) bond motifs is 1. The topological polar surface area (TPSA) is 100 Å². The summed E-state index contributed by atoms with van der Waals surface area (Å²) in [6.07, 6.45) is 1.46. The third kappa shape index (κ3) is 5.63. The van der Waals surface area contributed by atoms with Crippen LogP contribution in [-0.2, 0) is 9.59 Å². The molecule has 9 nitrogen and oxygen atoms in total. The van der Waals surface area contributed by atoms with Gasteiger partial charge in [0, 0.05) is 30.8 Å². The van der Waals surface area contributed by atoms with Gasteiger partial charge >= 0.3 is 6.03 Å². The predicted octanol–water partition coefficient (Wildman–Crippen LogP) is 1.69. The average Bonchev–Trinajstić information content (AvgIpc) is 2.74. The number of benzene rings is 1. The molecule has 0 bridgehead atoms. The van der Waals surface area contributed by atoms with Crippen molar-refractivity contribution in [3.05, 3.63) is 18.2 Å². The second-order valence-electron chi connectivity index (χ2n) is 7.42. The molecule has 0 aliphatic carbocycles. The van der Waals surface area contributed by atoms with Gasteiger partial charge in [-0.1, -0.05) is 0 Å². The zero-order valence-corrected chi connectivity index (χ0v) is 17.6. The van der Waals surface area contributed by atoms with Gasteiger partial charge in [0.25, 0.3) is 0 Å². The smallest absolute Gasteiger partial charge is 0.325 e. The molecule has 0 saturated carbocycles. The lowest BCUT2D eigenvalue weighted by atomic mass is 9.95. The van der Waals surface area contributed by atoms with E-state index in [4.69, 9.17) is 9.47 Å². The molecule has 4 amide bonds. The van der Waals surface area contributed by atoms with Crippen molar-refractivity contribution in [1.82, 2.24) is 15.1 Å². The molecule has 164 valence electrons. The van der Waals surface area contributed by atoms with Crippen molar-refractivity contribution in [3.8, 4) is 11.5 Å². The van der Waals surface area contributed by atoms with Crippen molar-refractivity contribution in [2.45, 2.75) is 26.7 Å². The van der Waals surface area contributed by atoms with Crippen LogP contribution in [0.1, 0.15) is 26.7 Å². The van der Waals surface area contributed by atoms with Gasteiger partial charge in [-0.15, -0.1) is 0 Å². The summed E-state index contributed by atoms with van der Waals surface area (Å²) in [6.45, 7) is 7.80. The molecule has 0 radical (unpaired) electrons. The summed E-state index contributed by atoms with van der Waals surface area (Å²) in [5, 5.41) is 4.98. The fourth-order valence-electron chi connectivity index (χ4n) is 3.78. The Morgan fingerprint density at radius 3 is 2.40 bits per heavy atom. The Bertz CT molecular complexity index is 773. The summed E-state index contributed by atoms with van der Waals surface area (Å²) in [6, 6.07) is 4.48. The molecular formula is C21H30N4O5. The first-order chi connectivity index (χ1) is 14.5. The van der Waals surface area contributed by atoms with E-state index in [9.17, 15) is 14.4 Å². The minimum atomic E-state index is -0.594. The van der Waals surface area contributed by atoms with Gasteiger partial charge < -0.3 is 19.7 Å². The van der Waals surface area contributed by atoms with Gasteiger partial charge in [0.2, 0.25) is 11.8 Å². The number of carbonyl (C=O) groups excluding carboxylic acids is 3. The molecule has 9 heteroatoms. The fourth-order valence-corrected chi connectivity index (χ4v) is 3.78. The fraction of sp³-hybridized carbons (Fsp3) is 0.571. The van der Waals surface area contributed by atoms with Crippen LogP contribution in [0.5, 0.6) is 11.5 Å². The number of nitrogens with zero attached hydrogens (tertiary/aromatic N) is 2. The Morgan fingerprint density at radius 2 is 1.73 bits per heavy atom. The standard InChI is InChI=1S/C21H30N4O5/c1-3-25(4-2)20(27)15-7-9-24(10-8-15)14-19(26)23-21(28)22-16-5-6-17-18(13-16)30-12-11-29-17/h5-6,13,15H,3-4,7-12,14H2,1-2H3,(H2,22,23,26,28). The Hall–Kier alpha value is -2.81. The maximum absolute atomic E-state index is 12.5. The molecule has 0 spiro atoms. The van der Waals surface area contributed by atoms with Gasteiger partial charge in [-0.25, -0.2) is 4.79 Å². The number of rotatable bonds is 6. The first-order valence-corrected chi connectivity index (χ1v) is 10.5. The highest BCUT2D eigenvalue weighted by Gasteiger charge is 2.28. The molecule has 2 N–H and O–H groups in total. The van der Waals surface area contributed by atoms with Crippen molar-refractivity contribution >= 4 is 23.5 Å². The highest BCUT2D eigenvalue weighted by atomic mass is 16.6. The van der Waals surface area contributed by atoms with Gasteiger partial charge in [0.15, 0.2) is 11.5 Å². The molecular weight excluding hydrogens is 388 g/mol. The molecule has 2 heterocycles. The van der Waals surface area contributed by atoms with Gasteiger partial charge in [0.05, 0.1) is 6.54 Å². The molecule has 0 unspecified atom stereocenters. The molecule has 0 atom stereocenters. The quantitative estimate of drug-likeness (QED) is 0.729. The zero-order valence-electron chi connectivity index (χ0n) is 17.6. The van der Waals surface area contributed by atoms with Crippen LogP contribution in [0.4, 0.5) is 10.5 Å². The van der Waals surface area contributed by atoms with Crippen LogP contribution in [-0.4, -0.2) is 73.6 Å². The largest absolute Gasteiger partial charge is 0.486 e. The van der Waals surface area contributed by atoms with Gasteiger partial charge in [0.1, 0.15) is 13.2 Å². The van der Waals surface area contributed by atoms with Crippen LogP contribution in [0.15, 0.2) is 18.2 Å². The van der Waals surface area contributed by atoms with E-state index in [0.29, 0.717) is 43.5 Å². The average molecular weight is 418 g/mol. The summed E-state index contributed by atoms with van der Waals surface area (Å²) in [5.74, 6) is 1.03. The third-order valence-corrected chi connectivity index (χ3v) is 5.43. The Morgan fingerprint density at radius 1 is 1.07 bits per heavy atom. The third-order valence-electron chi connectivity index (χ3n) is 5.43. The molecule has 1 saturated heterocycles. The molecule has 1 aromatic rings. The van der Waals surface area contributed by atoms with Crippen molar-refractivity contribution in [3.63, 3.8) is 0 Å². The number of anilines is 1. The maximum atomic E-state index is 12.5. The van der Waals surface area contributed by atoms with Crippen molar-refractivity contribution in [2.75, 3.05) is 51.3 Å². The minimum absolute atomic E-state index is 0.0164. The van der Waals surface area contributed by atoms with E-state index in [2.05, 4.69) is 10.6 Å². The van der Waals surface area contributed by atoms with Crippen LogP contribution >= 0.6 is 0 Å². The van der Waals surface area contributed by atoms with Gasteiger partial charge in [-0.05, 0) is 51.9 Å². The van der Waals surface area contributed by atoms with E-state index in [1.54, 1.807) is 18.2 Å². The molecule has 1 aromatic carbocycles. The summed E-state index contributed by atoms with van der Waals surface area (Å²) < 4.78 is 10.9. The zero-order chi connectivity index (χ0) is 21.5. The van der Waals surface area contributed by atoms with Crippen LogP contribution in [0, 0.1) is 5.92 Å². The van der Waals surface area contributed by atoms with Crippen LogP contribution in [0.3, 0.4) is 0 Å². The second kappa shape index (κ2) is 10.3. The predicted molar refractivity (Wildman–Crippen MR) is 112 cm³/mol. The van der Waals surface area contributed by atoms with E-state index in [0.717, 1.165) is 25.9 Å². The van der Waals surface area contributed by atoms with Crippen LogP contribution in [0.2, 0.25) is 0 Å². The highest BCUT2D eigenvalue weighted by molar-refractivity contribution is 6.01. The number of ether oxygens (including phenoxy) is 2. The summed E-state index contributed by atoms with van der Waals surface area (Å²) >= 11 is 0. The van der Waals surface area contributed by atoms with Gasteiger partial charge in [-0.2, -0.15) is 0 Å². The number of piperidine rings is 1. The summed E-state index contributed by atoms with van der Waals surface area (Å²) in [4.78, 5) is 40.6. The number of likely N-dealkylation sites (tertiary alicyclic amines) is 1. The number of urea groups is 1. The number of nitrogens with one attached hydrogen (secondary N) is 2. The van der Waals surface area contributed by atoms with Gasteiger partial charge in [-0.3, -0.25) is 19.8 Å². The van der Waals surface area contributed by atoms with Crippen molar-refractivity contribution in [2.24, 2.45) is 5.92 Å². The SMILES string of the molecule is CCN(CC)C(=O)C1CCN(CC(=O)NC(=O)Nc2ccc3c(c2)OCCO3)CC1. The van der Waals surface area contributed by atoms with Crippen molar-refractivity contribution in [1.29, 1.82) is 0 Å². The molecule has 2 aliphatic heterocycles. The lowest BCUT2D eigenvalue weighted by molar-refractivity contribution is -0.136. The van der Waals surface area contributed by atoms with E-state index >= 15 is 0 Å². The van der Waals surface area contributed by atoms with Crippen LogP contribution in [0.25, 0.3) is 0 Å². The Kier molecular flexibility index (Phi) is 7.51. The molecule has 2 aliphatic rings. The molecule has 0 aromatic heterocycles. The molecule has 3 rings (SSSR count). The summed E-state index contributed by atoms with van der Waals surface area (Å²) in [5.41, 5.74) is 0.514. The number of amides is 4. The van der Waals surface area contributed by atoms with Crippen LogP contribution < -0.4 is 20.1 Å². The summed E-state index contributed by atoms with van der Waals surface area (Å²) in [7, 11) is 0. The minimum Gasteiger partial charge on any atom is -0.486 e. The Labute approximate surface area is 176 Å². The second-order valence-corrected chi connectivity index (χ2v) is 7.42. The first kappa shape index (κ1) is 21.9. The van der Waals surface area contributed by atoms with E-state index in [-0.39, 0.29) is 24.3 Å². The van der Waals surface area contributed by atoms with E-state index in [1.165, 1.54) is 0 Å². The van der Waals surface area contributed by atoms with Crippen molar-refractivity contribution < 1.29 is 23.9 Å². The number of hydrogen-bond donors (Lipinski definition) is 2. The van der Waals surface area contributed by atoms with E-state index in [1.807, 2.05) is 23.6 Å². The van der Waals surface area contributed by atoms with E-state index < -0.39 is 6.03 Å². The normalized spacial score (nSPS) is 16.6. The monoisotopic (exact) mass is 418 g/mol. The number of hydrogen-bond acceptors (Lipinski definition) is 6. The Balaban J connectivity index is 1.41. The first-order valence-electron chi connectivity index (χ1n) is 10.5. The lowest BCUT2D eigenvalue weighted by Gasteiger charge is -2.33. The number of imide groups is 1. The maximum Gasteiger partial charge on any atom is 0.325 e. The lowest BCUT2D eigenvalue weighted by Crippen LogP contribution is -2.46. The highest BCUT2D eigenvalue weighted by Crippen LogP contribution is 2.32.